The number of nitrogens with zero attached hydrogens (tertiary/aromatic N) is 1. The lowest BCUT2D eigenvalue weighted by Gasteiger charge is -2.06. The summed E-state index contributed by atoms with van der Waals surface area (Å²) in [6.07, 6.45) is 3.19. The summed E-state index contributed by atoms with van der Waals surface area (Å²) in [7, 11) is 0. The van der Waals surface area contributed by atoms with Crippen LogP contribution >= 0.6 is 0 Å². The van der Waals surface area contributed by atoms with Crippen LogP contribution in [0.15, 0.2) is 79.1 Å². The van der Waals surface area contributed by atoms with E-state index in [2.05, 4.69) is 22.4 Å². The van der Waals surface area contributed by atoms with E-state index in [4.69, 9.17) is 0 Å². The molecular formula is C18H14N2O. The topological polar surface area (TPSA) is 42.0 Å². The number of benzene rings is 2. The van der Waals surface area contributed by atoms with Crippen molar-refractivity contribution in [2.24, 2.45) is 0 Å². The van der Waals surface area contributed by atoms with E-state index >= 15 is 0 Å². The minimum atomic E-state index is -0.157. The van der Waals surface area contributed by atoms with Gasteiger partial charge in [0.05, 0.1) is 5.56 Å². The molecule has 3 heteroatoms. The first-order chi connectivity index (χ1) is 10.3. The van der Waals surface area contributed by atoms with Gasteiger partial charge in [-0.15, -0.1) is 0 Å². The summed E-state index contributed by atoms with van der Waals surface area (Å²) >= 11 is 0. The van der Waals surface area contributed by atoms with Crippen LogP contribution in [0.2, 0.25) is 0 Å². The molecule has 0 spiro atoms. The van der Waals surface area contributed by atoms with Gasteiger partial charge in [-0.25, -0.2) is 0 Å². The smallest absolute Gasteiger partial charge is 0.257 e. The molecule has 0 unspecified atom stereocenters. The minimum absolute atomic E-state index is 0.157. The molecule has 3 rings (SSSR count). The molecule has 1 N–H and O–H groups in total. The van der Waals surface area contributed by atoms with Crippen LogP contribution in [0, 0.1) is 0 Å². The van der Waals surface area contributed by atoms with E-state index < -0.39 is 0 Å². The van der Waals surface area contributed by atoms with Crippen molar-refractivity contribution >= 4 is 11.6 Å². The third-order valence-corrected chi connectivity index (χ3v) is 3.17. The number of nitrogens with one attached hydrogen (secondary N) is 1. The number of carbonyl (C=O) groups excluding carboxylic acids is 1. The van der Waals surface area contributed by atoms with Gasteiger partial charge >= 0.3 is 0 Å². The Morgan fingerprint density at radius 1 is 0.810 bits per heavy atom. The third-order valence-electron chi connectivity index (χ3n) is 3.17. The van der Waals surface area contributed by atoms with E-state index in [1.165, 1.54) is 0 Å². The first kappa shape index (κ1) is 13.1. The molecule has 1 amide bonds. The normalized spacial score (nSPS) is 10.1. The van der Waals surface area contributed by atoms with E-state index in [0.29, 0.717) is 5.56 Å². The zero-order chi connectivity index (χ0) is 14.5. The fourth-order valence-corrected chi connectivity index (χ4v) is 2.08. The van der Waals surface area contributed by atoms with Gasteiger partial charge in [0.25, 0.3) is 5.91 Å². The number of aromatic nitrogens is 1. The van der Waals surface area contributed by atoms with Crippen LogP contribution in [0.25, 0.3) is 11.1 Å². The van der Waals surface area contributed by atoms with Crippen LogP contribution in [-0.4, -0.2) is 10.9 Å². The molecule has 0 bridgehead atoms. The molecule has 3 nitrogen and oxygen atoms in total. The molecule has 0 aliphatic rings. The highest BCUT2D eigenvalue weighted by molar-refractivity contribution is 6.04. The van der Waals surface area contributed by atoms with Crippen LogP contribution in [-0.2, 0) is 0 Å². The molecule has 0 saturated carbocycles. The Kier molecular flexibility index (Phi) is 3.74. The van der Waals surface area contributed by atoms with Gasteiger partial charge in [-0.05, 0) is 35.4 Å². The van der Waals surface area contributed by atoms with Crippen LogP contribution < -0.4 is 5.32 Å². The van der Waals surface area contributed by atoms with Gasteiger partial charge in [-0.3, -0.25) is 9.78 Å². The highest BCUT2D eigenvalue weighted by Crippen LogP contribution is 2.21. The largest absolute Gasteiger partial charge is 0.322 e. The Morgan fingerprint density at radius 2 is 1.52 bits per heavy atom. The number of amides is 1. The molecule has 1 aromatic heterocycles. The van der Waals surface area contributed by atoms with E-state index in [9.17, 15) is 4.79 Å². The zero-order valence-electron chi connectivity index (χ0n) is 11.4. The van der Waals surface area contributed by atoms with Crippen molar-refractivity contribution < 1.29 is 4.79 Å². The Hall–Kier alpha value is -2.94. The first-order valence-corrected chi connectivity index (χ1v) is 6.70. The average Bonchev–Trinajstić information content (AvgIpc) is 2.57. The molecule has 21 heavy (non-hydrogen) atoms. The highest BCUT2D eigenvalue weighted by Gasteiger charge is 2.05. The zero-order valence-corrected chi connectivity index (χ0v) is 11.4. The number of hydrogen-bond acceptors (Lipinski definition) is 2. The molecular weight excluding hydrogens is 260 g/mol. The predicted octanol–water partition coefficient (Wildman–Crippen LogP) is 4.00. The monoisotopic (exact) mass is 274 g/mol. The lowest BCUT2D eigenvalue weighted by Crippen LogP contribution is -2.11. The van der Waals surface area contributed by atoms with Crippen molar-refractivity contribution in [3.8, 4) is 11.1 Å². The maximum Gasteiger partial charge on any atom is 0.257 e. The maximum absolute atomic E-state index is 12.0. The van der Waals surface area contributed by atoms with Gasteiger partial charge in [-0.1, -0.05) is 42.5 Å². The van der Waals surface area contributed by atoms with Gasteiger partial charge < -0.3 is 5.32 Å². The molecule has 2 aromatic carbocycles. The Labute approximate surface area is 123 Å². The van der Waals surface area contributed by atoms with Crippen molar-refractivity contribution in [1.29, 1.82) is 0 Å². The first-order valence-electron chi connectivity index (χ1n) is 6.70. The second-order valence-electron chi connectivity index (χ2n) is 4.64. The third kappa shape index (κ3) is 3.15. The molecule has 1 heterocycles. The van der Waals surface area contributed by atoms with Gasteiger partial charge in [0.15, 0.2) is 0 Å². The molecule has 102 valence electrons. The second kappa shape index (κ2) is 6.01. The van der Waals surface area contributed by atoms with E-state index in [1.54, 1.807) is 24.5 Å². The summed E-state index contributed by atoms with van der Waals surface area (Å²) in [6.45, 7) is 0. The molecule has 0 saturated heterocycles. The molecule has 0 radical (unpaired) electrons. The van der Waals surface area contributed by atoms with Crippen LogP contribution in [0.1, 0.15) is 10.4 Å². The molecule has 3 aromatic rings. The quantitative estimate of drug-likeness (QED) is 0.784. The molecule has 0 aliphatic heterocycles. The summed E-state index contributed by atoms with van der Waals surface area (Å²) in [5.74, 6) is -0.157. The lowest BCUT2D eigenvalue weighted by molar-refractivity contribution is 0.102. The van der Waals surface area contributed by atoms with E-state index in [-0.39, 0.29) is 5.91 Å². The lowest BCUT2D eigenvalue weighted by atomic mass is 10.1. The number of carbonyl (C=O) groups is 1. The van der Waals surface area contributed by atoms with Gasteiger partial charge in [0, 0.05) is 18.1 Å². The number of pyridine rings is 1. The number of anilines is 1. The fourth-order valence-electron chi connectivity index (χ4n) is 2.08. The summed E-state index contributed by atoms with van der Waals surface area (Å²) in [5.41, 5.74) is 3.59. The molecule has 0 atom stereocenters. The van der Waals surface area contributed by atoms with Gasteiger partial charge in [-0.2, -0.15) is 0 Å². The van der Waals surface area contributed by atoms with Crippen molar-refractivity contribution in [2.75, 3.05) is 5.32 Å². The number of hydrogen-bond donors (Lipinski definition) is 1. The Balaban J connectivity index is 1.75. The molecule has 0 aliphatic carbocycles. The minimum Gasteiger partial charge on any atom is -0.322 e. The standard InChI is InChI=1S/C18H14N2O/c21-18(16-7-4-12-19-13-16)20-17-10-8-15(9-11-17)14-5-2-1-3-6-14/h1-13H,(H,20,21). The van der Waals surface area contributed by atoms with E-state index in [0.717, 1.165) is 16.8 Å². The van der Waals surface area contributed by atoms with Crippen LogP contribution in [0.3, 0.4) is 0 Å². The van der Waals surface area contributed by atoms with Gasteiger partial charge in [0.1, 0.15) is 0 Å². The van der Waals surface area contributed by atoms with Crippen LogP contribution in [0.4, 0.5) is 5.69 Å². The van der Waals surface area contributed by atoms with Crippen molar-refractivity contribution in [1.82, 2.24) is 4.98 Å². The second-order valence-corrected chi connectivity index (χ2v) is 4.64. The van der Waals surface area contributed by atoms with Crippen molar-refractivity contribution in [3.63, 3.8) is 0 Å². The number of rotatable bonds is 3. The maximum atomic E-state index is 12.0. The predicted molar refractivity (Wildman–Crippen MR) is 84.1 cm³/mol. The molecule has 0 fully saturated rings. The van der Waals surface area contributed by atoms with Crippen LogP contribution in [0.5, 0.6) is 0 Å². The summed E-state index contributed by atoms with van der Waals surface area (Å²) in [6, 6.07) is 21.4. The SMILES string of the molecule is O=C(Nc1ccc(-c2ccccc2)cc1)c1cccnc1. The van der Waals surface area contributed by atoms with Gasteiger partial charge in [0.2, 0.25) is 0 Å². The summed E-state index contributed by atoms with van der Waals surface area (Å²) in [4.78, 5) is 16.0. The fraction of sp³-hybridized carbons (Fsp3) is 0. The van der Waals surface area contributed by atoms with Crippen molar-refractivity contribution in [3.05, 3.63) is 84.7 Å². The summed E-state index contributed by atoms with van der Waals surface area (Å²) in [5, 5.41) is 2.86. The Morgan fingerprint density at radius 3 is 2.19 bits per heavy atom. The summed E-state index contributed by atoms with van der Waals surface area (Å²) < 4.78 is 0. The van der Waals surface area contributed by atoms with E-state index in [1.807, 2.05) is 42.5 Å². The average molecular weight is 274 g/mol. The van der Waals surface area contributed by atoms with Crippen molar-refractivity contribution in [2.45, 2.75) is 0 Å². The highest BCUT2D eigenvalue weighted by atomic mass is 16.1. The Bertz CT molecular complexity index is 722.